The van der Waals surface area contributed by atoms with Crippen LogP contribution in [0.2, 0.25) is 5.02 Å². The maximum Gasteiger partial charge on any atom is 0.330 e. The second-order valence-corrected chi connectivity index (χ2v) is 3.89. The molecule has 0 bridgehead atoms. The summed E-state index contributed by atoms with van der Waals surface area (Å²) in [5, 5.41) is -0.00711. The Morgan fingerprint density at radius 3 is 2.70 bits per heavy atom. The molecule has 2 aromatic rings. The van der Waals surface area contributed by atoms with E-state index in [0.717, 1.165) is 6.07 Å². The van der Waals surface area contributed by atoms with Crippen molar-refractivity contribution in [3.8, 4) is 17.8 Å². The highest BCUT2D eigenvalue weighted by Crippen LogP contribution is 2.24. The molecule has 9 heteroatoms. The number of anilines is 1. The third-order valence-electron chi connectivity index (χ3n) is 2.10. The van der Waals surface area contributed by atoms with Crippen molar-refractivity contribution < 1.29 is 13.9 Å². The molecule has 0 saturated heterocycles. The highest BCUT2D eigenvalue weighted by molar-refractivity contribution is 6.30. The van der Waals surface area contributed by atoms with Gasteiger partial charge in [-0.3, -0.25) is 5.43 Å². The molecule has 2 rings (SSSR count). The van der Waals surface area contributed by atoms with Gasteiger partial charge in [0, 0.05) is 6.07 Å². The Morgan fingerprint density at radius 2 is 2.05 bits per heavy atom. The number of halogens is 2. The van der Waals surface area contributed by atoms with E-state index in [2.05, 4.69) is 20.4 Å². The molecule has 0 fully saturated rings. The summed E-state index contributed by atoms with van der Waals surface area (Å²) >= 11 is 5.58. The van der Waals surface area contributed by atoms with Crippen LogP contribution >= 0.6 is 11.6 Å². The molecule has 1 heterocycles. The molecule has 1 aromatic carbocycles. The molecule has 0 atom stereocenters. The van der Waals surface area contributed by atoms with Gasteiger partial charge in [0.2, 0.25) is 5.95 Å². The van der Waals surface area contributed by atoms with Gasteiger partial charge in [0.1, 0.15) is 11.6 Å². The molecule has 0 spiro atoms. The topological polar surface area (TPSA) is 95.2 Å². The zero-order valence-corrected chi connectivity index (χ0v) is 11.2. The average Bonchev–Trinajstić information content (AvgIpc) is 2.43. The lowest BCUT2D eigenvalue weighted by molar-refractivity contribution is 0.303. The maximum absolute atomic E-state index is 13.3. The Balaban J connectivity index is 2.27. The number of hydrogen-bond donors (Lipinski definition) is 2. The van der Waals surface area contributed by atoms with Crippen molar-refractivity contribution in [1.29, 1.82) is 0 Å². The molecular weight excluding hydrogens is 289 g/mol. The third kappa shape index (κ3) is 3.43. The number of nitrogens with two attached hydrogens (primary N) is 1. The largest absolute Gasteiger partial charge is 0.464 e. The number of nitrogen functional groups attached to an aromatic ring is 1. The molecule has 20 heavy (non-hydrogen) atoms. The Labute approximate surface area is 118 Å². The van der Waals surface area contributed by atoms with Crippen LogP contribution in [0.5, 0.6) is 17.8 Å². The van der Waals surface area contributed by atoms with Crippen LogP contribution in [0.15, 0.2) is 18.2 Å². The van der Waals surface area contributed by atoms with Crippen LogP contribution in [0.1, 0.15) is 6.92 Å². The number of hydrogen-bond acceptors (Lipinski definition) is 7. The van der Waals surface area contributed by atoms with Crippen molar-refractivity contribution >= 4 is 17.5 Å². The summed E-state index contributed by atoms with van der Waals surface area (Å²) in [4.78, 5) is 11.6. The summed E-state index contributed by atoms with van der Waals surface area (Å²) in [5.41, 5.74) is 2.26. The van der Waals surface area contributed by atoms with E-state index >= 15 is 0 Å². The van der Waals surface area contributed by atoms with E-state index in [4.69, 9.17) is 26.9 Å². The van der Waals surface area contributed by atoms with Gasteiger partial charge in [-0.2, -0.15) is 9.97 Å². The van der Waals surface area contributed by atoms with Gasteiger partial charge in [0.05, 0.1) is 11.6 Å². The summed E-state index contributed by atoms with van der Waals surface area (Å²) in [6.07, 6.45) is 0. The minimum Gasteiger partial charge on any atom is -0.464 e. The van der Waals surface area contributed by atoms with Gasteiger partial charge in [0.15, 0.2) is 0 Å². The molecule has 0 radical (unpaired) electrons. The van der Waals surface area contributed by atoms with E-state index in [9.17, 15) is 4.39 Å². The van der Waals surface area contributed by atoms with Crippen molar-refractivity contribution in [3.63, 3.8) is 0 Å². The molecule has 0 aliphatic rings. The predicted octanol–water partition coefficient (Wildman–Crippen LogP) is 2.14. The predicted molar refractivity (Wildman–Crippen MR) is 70.3 cm³/mol. The molecule has 3 N–H and O–H groups in total. The smallest absolute Gasteiger partial charge is 0.330 e. The Morgan fingerprint density at radius 1 is 1.30 bits per heavy atom. The van der Waals surface area contributed by atoms with Crippen LogP contribution in [0.25, 0.3) is 0 Å². The number of nitrogens with zero attached hydrogens (tertiary/aromatic N) is 3. The number of hydrazine groups is 1. The first-order valence-corrected chi connectivity index (χ1v) is 5.98. The van der Waals surface area contributed by atoms with Crippen LogP contribution in [0, 0.1) is 5.82 Å². The Kier molecular flexibility index (Phi) is 4.49. The fraction of sp³-hybridized carbons (Fsp3) is 0.182. The molecular formula is C11H11ClFN5O2. The van der Waals surface area contributed by atoms with Gasteiger partial charge >= 0.3 is 12.0 Å². The average molecular weight is 300 g/mol. The fourth-order valence-corrected chi connectivity index (χ4v) is 1.41. The van der Waals surface area contributed by atoms with Crippen molar-refractivity contribution in [3.05, 3.63) is 29.0 Å². The lowest BCUT2D eigenvalue weighted by atomic mass is 10.3. The Bertz CT molecular complexity index is 613. The quantitative estimate of drug-likeness (QED) is 0.645. The van der Waals surface area contributed by atoms with Gasteiger partial charge in [-0.1, -0.05) is 11.6 Å². The number of benzene rings is 1. The first-order valence-electron chi connectivity index (χ1n) is 5.60. The second-order valence-electron chi connectivity index (χ2n) is 3.48. The van der Waals surface area contributed by atoms with E-state index < -0.39 is 5.82 Å². The highest BCUT2D eigenvalue weighted by atomic mass is 35.5. The Hall–Kier alpha value is -2.19. The second kappa shape index (κ2) is 6.31. The first-order chi connectivity index (χ1) is 9.62. The molecule has 0 saturated carbocycles. The number of ether oxygens (including phenoxy) is 2. The number of aromatic nitrogens is 3. The van der Waals surface area contributed by atoms with Crippen LogP contribution in [-0.4, -0.2) is 21.6 Å². The van der Waals surface area contributed by atoms with Crippen LogP contribution in [0.3, 0.4) is 0 Å². The number of nitrogens with one attached hydrogen (secondary N) is 1. The monoisotopic (exact) mass is 299 g/mol. The van der Waals surface area contributed by atoms with Crippen molar-refractivity contribution in [2.24, 2.45) is 5.84 Å². The summed E-state index contributed by atoms with van der Waals surface area (Å²) < 4.78 is 23.7. The van der Waals surface area contributed by atoms with E-state index in [1.807, 2.05) is 0 Å². The summed E-state index contributed by atoms with van der Waals surface area (Å²) in [6.45, 7) is 2.14. The van der Waals surface area contributed by atoms with Crippen LogP contribution < -0.4 is 20.7 Å². The molecule has 0 aliphatic heterocycles. The van der Waals surface area contributed by atoms with Crippen molar-refractivity contribution in [1.82, 2.24) is 15.0 Å². The molecule has 1 aromatic heterocycles. The lowest BCUT2D eigenvalue weighted by Gasteiger charge is -2.07. The summed E-state index contributed by atoms with van der Waals surface area (Å²) in [5.74, 6) is 4.87. The first kappa shape index (κ1) is 14.2. The summed E-state index contributed by atoms with van der Waals surface area (Å²) in [7, 11) is 0. The van der Waals surface area contributed by atoms with Gasteiger partial charge in [-0.05, 0) is 19.1 Å². The van der Waals surface area contributed by atoms with Crippen LogP contribution in [-0.2, 0) is 0 Å². The molecule has 106 valence electrons. The van der Waals surface area contributed by atoms with E-state index in [1.54, 1.807) is 6.92 Å². The minimum atomic E-state index is -0.611. The van der Waals surface area contributed by atoms with Gasteiger partial charge in [0.25, 0.3) is 0 Å². The van der Waals surface area contributed by atoms with E-state index in [-0.39, 0.29) is 28.7 Å². The maximum atomic E-state index is 13.3. The molecule has 0 unspecified atom stereocenters. The van der Waals surface area contributed by atoms with Crippen molar-refractivity contribution in [2.75, 3.05) is 12.0 Å². The normalized spacial score (nSPS) is 10.2. The van der Waals surface area contributed by atoms with Crippen LogP contribution in [0.4, 0.5) is 10.3 Å². The third-order valence-corrected chi connectivity index (χ3v) is 2.40. The SMILES string of the molecule is CCOc1nc(NN)nc(Oc2ccc(Cl)c(F)c2)n1. The molecule has 7 nitrogen and oxygen atoms in total. The molecule has 0 aliphatic carbocycles. The standard InChI is InChI=1S/C11H11ClFN5O2/c1-2-19-10-15-9(18-14)16-11(17-10)20-6-3-4-7(12)8(13)5-6/h3-5H,2,14H2,1H3,(H,15,16,17,18). The van der Waals surface area contributed by atoms with Crippen molar-refractivity contribution in [2.45, 2.75) is 6.92 Å². The van der Waals surface area contributed by atoms with Gasteiger partial charge in [-0.15, -0.1) is 4.98 Å². The summed E-state index contributed by atoms with van der Waals surface area (Å²) in [6, 6.07) is 3.91. The van der Waals surface area contributed by atoms with E-state index in [0.29, 0.717) is 6.61 Å². The zero-order valence-electron chi connectivity index (χ0n) is 10.4. The number of rotatable bonds is 5. The highest BCUT2D eigenvalue weighted by Gasteiger charge is 2.10. The minimum absolute atomic E-state index is 0.00711. The lowest BCUT2D eigenvalue weighted by Crippen LogP contribution is -2.12. The van der Waals surface area contributed by atoms with Gasteiger partial charge < -0.3 is 9.47 Å². The van der Waals surface area contributed by atoms with E-state index in [1.165, 1.54) is 12.1 Å². The fourth-order valence-electron chi connectivity index (χ4n) is 1.29. The van der Waals surface area contributed by atoms with Gasteiger partial charge in [-0.25, -0.2) is 10.2 Å². The zero-order chi connectivity index (χ0) is 14.5. The molecule has 0 amide bonds.